The fraction of sp³-hybridized carbons (Fsp3) is 0.167. The third kappa shape index (κ3) is 6.78. The summed E-state index contributed by atoms with van der Waals surface area (Å²) in [6.45, 7) is 2.08. The highest BCUT2D eigenvalue weighted by molar-refractivity contribution is 7.74. The molecule has 11 nitrogen and oxygen atoms in total. The van der Waals surface area contributed by atoms with Crippen LogP contribution in [0.25, 0.3) is 10.4 Å². The molecule has 0 radical (unpaired) electrons. The largest absolute Gasteiger partial charge is 0.282 e. The van der Waals surface area contributed by atoms with Crippen molar-refractivity contribution in [2.75, 3.05) is 4.31 Å². The summed E-state index contributed by atoms with van der Waals surface area (Å²) < 4.78 is 27.1. The van der Waals surface area contributed by atoms with Gasteiger partial charge in [0, 0.05) is 10.4 Å². The van der Waals surface area contributed by atoms with Crippen molar-refractivity contribution < 1.29 is 18.2 Å². The molecule has 1 amide bonds. The molecule has 192 valence electrons. The van der Waals surface area contributed by atoms with Crippen LogP contribution in [0.4, 0.5) is 5.00 Å². The predicted molar refractivity (Wildman–Crippen MR) is 141 cm³/mol. The number of aromatic nitrogens is 3. The monoisotopic (exact) mass is 539 g/mol. The lowest BCUT2D eigenvalue weighted by Gasteiger charge is -2.14. The molecule has 0 aliphatic heterocycles. The lowest BCUT2D eigenvalue weighted by atomic mass is 10.0. The summed E-state index contributed by atoms with van der Waals surface area (Å²) in [5.41, 5.74) is 7.44. The number of benzene rings is 2. The first-order valence-electron chi connectivity index (χ1n) is 11.2. The number of hydroxylamine groups is 2. The van der Waals surface area contributed by atoms with Gasteiger partial charge in [0.05, 0.1) is 18.8 Å². The van der Waals surface area contributed by atoms with Gasteiger partial charge < -0.3 is 0 Å². The Labute approximate surface area is 219 Å². The predicted octanol–water partition coefficient (Wildman–Crippen LogP) is 2.85. The normalized spacial score (nSPS) is 11.7. The zero-order chi connectivity index (χ0) is 26.2. The Kier molecular flexibility index (Phi) is 8.61. The van der Waals surface area contributed by atoms with Gasteiger partial charge in [-0.1, -0.05) is 59.8 Å². The number of hydrogen-bond acceptors (Lipinski definition) is 8. The van der Waals surface area contributed by atoms with Gasteiger partial charge in [0.15, 0.2) is 5.84 Å². The summed E-state index contributed by atoms with van der Waals surface area (Å²) in [5.74, 6) is -0.00208. The number of amidine groups is 1. The van der Waals surface area contributed by atoms with Crippen molar-refractivity contribution in [2.24, 2.45) is 0 Å². The molecule has 0 saturated heterocycles. The molecule has 37 heavy (non-hydrogen) atoms. The molecule has 0 aliphatic rings. The van der Waals surface area contributed by atoms with Gasteiger partial charge in [0.25, 0.3) is 0 Å². The highest BCUT2D eigenvalue weighted by Gasteiger charge is 2.17. The second-order valence-corrected chi connectivity index (χ2v) is 10.1. The smallest absolute Gasteiger partial charge is 0.232 e. The first-order chi connectivity index (χ1) is 17.9. The Morgan fingerprint density at radius 1 is 1.16 bits per heavy atom. The quantitative estimate of drug-likeness (QED) is 0.0542. The number of carbonyl (C=O) groups excluding carboxylic acids is 1. The summed E-state index contributed by atoms with van der Waals surface area (Å²) in [6.07, 6.45) is 2.76. The zero-order valence-electron chi connectivity index (χ0n) is 19.8. The van der Waals surface area contributed by atoms with E-state index < -0.39 is 10.9 Å². The fourth-order valence-electron chi connectivity index (χ4n) is 3.60. The van der Waals surface area contributed by atoms with E-state index in [0.717, 1.165) is 16.0 Å². The summed E-state index contributed by atoms with van der Waals surface area (Å²) in [4.78, 5) is 15.8. The first kappa shape index (κ1) is 26.0. The minimum atomic E-state index is -2.86. The van der Waals surface area contributed by atoms with Crippen molar-refractivity contribution in [3.63, 3.8) is 0 Å². The molecule has 0 bridgehead atoms. The molecule has 2 aromatic carbocycles. The molecule has 4 aromatic rings. The topological polar surface area (TPSA) is 142 Å². The van der Waals surface area contributed by atoms with Crippen LogP contribution < -0.4 is 15.3 Å². The number of nitrogens with one attached hydrogen (secondary N) is 3. The molecule has 0 spiro atoms. The summed E-state index contributed by atoms with van der Waals surface area (Å²) in [5, 5.41) is 16.9. The number of thiophene rings is 1. The fourth-order valence-corrected chi connectivity index (χ4v) is 5.33. The number of nitrogens with zero attached hydrogens (tertiary/aromatic N) is 4. The lowest BCUT2D eigenvalue weighted by molar-refractivity contribution is -0.123. The van der Waals surface area contributed by atoms with Crippen molar-refractivity contribution in [2.45, 2.75) is 25.9 Å². The molecule has 0 aliphatic carbocycles. The van der Waals surface area contributed by atoms with Crippen molar-refractivity contribution in [1.29, 1.82) is 5.41 Å². The number of rotatable bonds is 12. The SMILES string of the molecule is C[C@@H](Cc1ccc(C(=N)NONC=O)cc1)n1cc(CN(c2ccc(-c3ccccc3)s2)[SH](=O)=O)nn1. The van der Waals surface area contributed by atoms with Gasteiger partial charge in [-0.25, -0.2) is 24.1 Å². The van der Waals surface area contributed by atoms with Gasteiger partial charge in [-0.15, -0.1) is 16.4 Å². The van der Waals surface area contributed by atoms with Crippen LogP contribution in [0.5, 0.6) is 0 Å². The molecular weight excluding hydrogens is 514 g/mol. The Morgan fingerprint density at radius 3 is 2.62 bits per heavy atom. The van der Waals surface area contributed by atoms with Crippen LogP contribution in [0.15, 0.2) is 72.9 Å². The van der Waals surface area contributed by atoms with Gasteiger partial charge in [-0.2, -0.15) is 4.94 Å². The maximum Gasteiger partial charge on any atom is 0.232 e. The van der Waals surface area contributed by atoms with E-state index in [1.807, 2.05) is 60.9 Å². The van der Waals surface area contributed by atoms with Gasteiger partial charge in [0.2, 0.25) is 17.3 Å². The zero-order valence-corrected chi connectivity index (χ0v) is 21.5. The minimum absolute atomic E-state index is 0.00208. The van der Waals surface area contributed by atoms with Crippen LogP contribution in [-0.4, -0.2) is 35.7 Å². The van der Waals surface area contributed by atoms with Gasteiger partial charge in [-0.05, 0) is 36.6 Å². The van der Waals surface area contributed by atoms with E-state index in [0.29, 0.717) is 29.1 Å². The van der Waals surface area contributed by atoms with Crippen molar-refractivity contribution in [1.82, 2.24) is 26.0 Å². The molecule has 0 unspecified atom stereocenters. The molecule has 0 fully saturated rings. The first-order valence-corrected chi connectivity index (χ1v) is 13.2. The minimum Gasteiger partial charge on any atom is -0.282 e. The second kappa shape index (κ2) is 12.3. The van der Waals surface area contributed by atoms with E-state index in [2.05, 4.69) is 20.7 Å². The van der Waals surface area contributed by atoms with Crippen molar-refractivity contribution in [3.05, 3.63) is 89.7 Å². The highest BCUT2D eigenvalue weighted by Crippen LogP contribution is 2.34. The van der Waals surface area contributed by atoms with Gasteiger partial charge in [0.1, 0.15) is 10.7 Å². The van der Waals surface area contributed by atoms with Crippen LogP contribution >= 0.6 is 11.3 Å². The van der Waals surface area contributed by atoms with E-state index in [-0.39, 0.29) is 18.4 Å². The van der Waals surface area contributed by atoms with E-state index in [1.165, 1.54) is 15.6 Å². The molecule has 0 saturated carbocycles. The third-order valence-electron chi connectivity index (χ3n) is 5.46. The lowest BCUT2D eigenvalue weighted by Crippen LogP contribution is -2.30. The maximum absolute atomic E-state index is 12.0. The van der Waals surface area contributed by atoms with E-state index in [4.69, 9.17) is 5.41 Å². The number of anilines is 1. The number of thiol groups is 1. The molecule has 1 atom stereocenters. The Bertz CT molecular complexity index is 1410. The number of amides is 1. The number of carbonyl (C=O) groups is 1. The van der Waals surface area contributed by atoms with Crippen LogP contribution in [0.1, 0.15) is 29.8 Å². The van der Waals surface area contributed by atoms with Crippen LogP contribution in [0.3, 0.4) is 0 Å². The highest BCUT2D eigenvalue weighted by atomic mass is 32.2. The van der Waals surface area contributed by atoms with Crippen LogP contribution in [-0.2, 0) is 33.6 Å². The molecule has 4 rings (SSSR count). The standard InChI is InChI=1S/C24H25N7O4S2/c1-17(13-18-7-9-20(10-8-18)24(25)28-35-26-16-32)30-14-21(27-29-30)15-31(37(33)34)23-12-11-22(36-23)19-5-3-2-4-6-19/h2-12,14,16-17,37H,13,15H2,1H3,(H2,25,28)(H,26,32)/t17-/m0/s1. The van der Waals surface area contributed by atoms with Crippen LogP contribution in [0.2, 0.25) is 0 Å². The van der Waals surface area contributed by atoms with Crippen molar-refractivity contribution in [3.8, 4) is 10.4 Å². The molecule has 13 heteroatoms. The van der Waals surface area contributed by atoms with Gasteiger partial charge >= 0.3 is 0 Å². The molecular formula is C24H25N7O4S2. The summed E-state index contributed by atoms with van der Waals surface area (Å²) in [6, 6.07) is 20.8. The Balaban J connectivity index is 1.39. The summed E-state index contributed by atoms with van der Waals surface area (Å²) >= 11 is 1.41. The average Bonchev–Trinajstić information content (AvgIpc) is 3.58. The molecule has 2 heterocycles. The van der Waals surface area contributed by atoms with E-state index >= 15 is 0 Å². The van der Waals surface area contributed by atoms with Crippen LogP contribution in [0, 0.1) is 5.41 Å². The maximum atomic E-state index is 12.0. The molecule has 2 aromatic heterocycles. The Morgan fingerprint density at radius 2 is 1.92 bits per heavy atom. The average molecular weight is 540 g/mol. The summed E-state index contributed by atoms with van der Waals surface area (Å²) in [7, 11) is -2.86. The van der Waals surface area contributed by atoms with E-state index in [9.17, 15) is 13.2 Å². The van der Waals surface area contributed by atoms with Gasteiger partial charge in [-0.3, -0.25) is 14.5 Å². The Hall–Kier alpha value is -4.07. The molecule has 3 N–H and O–H groups in total. The second-order valence-electron chi connectivity index (χ2n) is 8.05. The van der Waals surface area contributed by atoms with Crippen molar-refractivity contribution >= 4 is 39.5 Å². The third-order valence-corrected chi connectivity index (χ3v) is 7.50. The number of hydrogen-bond donors (Lipinski definition) is 4. The van der Waals surface area contributed by atoms with E-state index in [1.54, 1.807) is 29.1 Å².